The summed E-state index contributed by atoms with van der Waals surface area (Å²) in [4.78, 5) is 4.17. The van der Waals surface area contributed by atoms with Crippen LogP contribution in [0.1, 0.15) is 58.9 Å². The molecule has 0 aliphatic heterocycles. The molecule has 0 radical (unpaired) electrons. The Bertz CT molecular complexity index is 309. The smallest absolute Gasteiger partial charge is 0.0312 e. The van der Waals surface area contributed by atoms with Crippen molar-refractivity contribution >= 4 is 0 Å². The van der Waals surface area contributed by atoms with Crippen molar-refractivity contribution in [3.05, 3.63) is 30.1 Å². The van der Waals surface area contributed by atoms with E-state index in [1.807, 2.05) is 18.5 Å². The molecule has 0 amide bonds. The van der Waals surface area contributed by atoms with Crippen molar-refractivity contribution < 1.29 is 0 Å². The van der Waals surface area contributed by atoms with Crippen LogP contribution in [0.15, 0.2) is 24.5 Å². The molecule has 1 unspecified atom stereocenters. The number of hydrogen-bond acceptors (Lipinski definition) is 2. The fourth-order valence-corrected chi connectivity index (χ4v) is 3.03. The Morgan fingerprint density at radius 3 is 2.28 bits per heavy atom. The van der Waals surface area contributed by atoms with Crippen molar-refractivity contribution in [1.82, 2.24) is 10.3 Å². The molecule has 0 fully saturated rings. The first kappa shape index (κ1) is 15.2. The number of nitrogens with zero attached hydrogens (tertiary/aromatic N) is 1. The number of rotatable bonds is 8. The summed E-state index contributed by atoms with van der Waals surface area (Å²) in [5, 5.41) is 3.74. The lowest BCUT2D eigenvalue weighted by Crippen LogP contribution is -2.43. The van der Waals surface area contributed by atoms with Crippen molar-refractivity contribution in [3.8, 4) is 0 Å². The molecule has 1 heterocycles. The van der Waals surface area contributed by atoms with Crippen LogP contribution in [-0.2, 0) is 6.54 Å². The number of hydrogen-bond donors (Lipinski definition) is 1. The van der Waals surface area contributed by atoms with Gasteiger partial charge in [-0.15, -0.1) is 0 Å². The third-order valence-corrected chi connectivity index (χ3v) is 4.54. The standard InChI is InChI=1S/C16H28N2/c1-5-15(16(6-2,7-3)8-4)18-13-14-10-9-11-17-12-14/h9-12,15,18H,5-8,13H2,1-4H3. The minimum Gasteiger partial charge on any atom is -0.309 e. The highest BCUT2D eigenvalue weighted by Gasteiger charge is 2.32. The van der Waals surface area contributed by atoms with E-state index < -0.39 is 0 Å². The van der Waals surface area contributed by atoms with Gasteiger partial charge in [-0.3, -0.25) is 4.98 Å². The summed E-state index contributed by atoms with van der Waals surface area (Å²) >= 11 is 0. The van der Waals surface area contributed by atoms with Gasteiger partial charge < -0.3 is 5.32 Å². The van der Waals surface area contributed by atoms with E-state index in [1.54, 1.807) is 0 Å². The second-order valence-electron chi connectivity index (χ2n) is 5.13. The molecular weight excluding hydrogens is 220 g/mol. The fraction of sp³-hybridized carbons (Fsp3) is 0.688. The van der Waals surface area contributed by atoms with E-state index in [9.17, 15) is 0 Å². The number of aromatic nitrogens is 1. The van der Waals surface area contributed by atoms with Crippen LogP contribution in [0.5, 0.6) is 0 Å². The first-order valence-corrected chi connectivity index (χ1v) is 7.34. The Morgan fingerprint density at radius 2 is 1.83 bits per heavy atom. The van der Waals surface area contributed by atoms with Gasteiger partial charge in [0.25, 0.3) is 0 Å². The van der Waals surface area contributed by atoms with Crippen LogP contribution in [0, 0.1) is 5.41 Å². The molecule has 0 aromatic carbocycles. The summed E-state index contributed by atoms with van der Waals surface area (Å²) in [6.45, 7) is 10.2. The summed E-state index contributed by atoms with van der Waals surface area (Å²) < 4.78 is 0. The predicted octanol–water partition coefficient (Wildman–Crippen LogP) is 4.17. The largest absolute Gasteiger partial charge is 0.309 e. The Balaban J connectivity index is 2.66. The lowest BCUT2D eigenvalue weighted by atomic mass is 9.72. The highest BCUT2D eigenvalue weighted by molar-refractivity contribution is 5.08. The Kier molecular flexibility index (Phi) is 6.34. The Hall–Kier alpha value is -0.890. The monoisotopic (exact) mass is 248 g/mol. The molecule has 0 spiro atoms. The van der Waals surface area contributed by atoms with E-state index >= 15 is 0 Å². The van der Waals surface area contributed by atoms with Gasteiger partial charge in [0.1, 0.15) is 0 Å². The second kappa shape index (κ2) is 7.52. The molecule has 1 rings (SSSR count). The molecule has 2 heteroatoms. The molecule has 2 nitrogen and oxygen atoms in total. The summed E-state index contributed by atoms with van der Waals surface area (Å²) in [5.41, 5.74) is 1.71. The van der Waals surface area contributed by atoms with Crippen LogP contribution < -0.4 is 5.32 Å². The van der Waals surface area contributed by atoms with Gasteiger partial charge in [-0.05, 0) is 42.7 Å². The summed E-state index contributed by atoms with van der Waals surface area (Å²) in [6, 6.07) is 4.74. The van der Waals surface area contributed by atoms with Crippen LogP contribution in [0.3, 0.4) is 0 Å². The van der Waals surface area contributed by atoms with Crippen molar-refractivity contribution in [3.63, 3.8) is 0 Å². The molecule has 1 N–H and O–H groups in total. The highest BCUT2D eigenvalue weighted by atomic mass is 14.9. The molecule has 0 saturated heterocycles. The molecule has 0 bridgehead atoms. The van der Waals surface area contributed by atoms with Crippen molar-refractivity contribution in [2.24, 2.45) is 5.41 Å². The van der Waals surface area contributed by atoms with Gasteiger partial charge >= 0.3 is 0 Å². The summed E-state index contributed by atoms with van der Waals surface area (Å²) in [7, 11) is 0. The first-order valence-electron chi connectivity index (χ1n) is 7.34. The van der Waals surface area contributed by atoms with Crippen molar-refractivity contribution in [1.29, 1.82) is 0 Å². The van der Waals surface area contributed by atoms with Crippen LogP contribution >= 0.6 is 0 Å². The SMILES string of the molecule is CCC(NCc1cccnc1)C(CC)(CC)CC. The van der Waals surface area contributed by atoms with Crippen molar-refractivity contribution in [2.75, 3.05) is 0 Å². The molecule has 0 aliphatic rings. The Labute approximate surface area is 112 Å². The minimum absolute atomic E-state index is 0.441. The molecule has 1 aromatic heterocycles. The Morgan fingerprint density at radius 1 is 1.17 bits per heavy atom. The van der Waals surface area contributed by atoms with Crippen LogP contribution in [0.2, 0.25) is 0 Å². The predicted molar refractivity (Wildman–Crippen MR) is 78.5 cm³/mol. The summed E-state index contributed by atoms with van der Waals surface area (Å²) in [6.07, 6.45) is 8.71. The van der Waals surface area contributed by atoms with Gasteiger partial charge in [0.05, 0.1) is 0 Å². The van der Waals surface area contributed by atoms with Gasteiger partial charge in [0.2, 0.25) is 0 Å². The zero-order chi connectivity index (χ0) is 13.4. The normalized spacial score (nSPS) is 13.6. The van der Waals surface area contributed by atoms with E-state index in [0.717, 1.165) is 6.54 Å². The van der Waals surface area contributed by atoms with E-state index in [4.69, 9.17) is 0 Å². The van der Waals surface area contributed by atoms with Crippen molar-refractivity contribution in [2.45, 2.75) is 66.0 Å². The lowest BCUT2D eigenvalue weighted by molar-refractivity contribution is 0.157. The van der Waals surface area contributed by atoms with Crippen LogP contribution in [-0.4, -0.2) is 11.0 Å². The topological polar surface area (TPSA) is 24.9 Å². The van der Waals surface area contributed by atoms with Crippen LogP contribution in [0.4, 0.5) is 0 Å². The zero-order valence-electron chi connectivity index (χ0n) is 12.4. The highest BCUT2D eigenvalue weighted by Crippen LogP contribution is 2.35. The molecule has 0 aliphatic carbocycles. The number of pyridine rings is 1. The first-order chi connectivity index (χ1) is 8.72. The fourth-order valence-electron chi connectivity index (χ4n) is 3.03. The maximum absolute atomic E-state index is 4.17. The minimum atomic E-state index is 0.441. The molecule has 102 valence electrons. The maximum Gasteiger partial charge on any atom is 0.0312 e. The van der Waals surface area contributed by atoms with E-state index in [0.29, 0.717) is 11.5 Å². The summed E-state index contributed by atoms with van der Waals surface area (Å²) in [5.74, 6) is 0. The number of nitrogens with one attached hydrogen (secondary N) is 1. The van der Waals surface area contributed by atoms with E-state index in [2.05, 4.69) is 44.1 Å². The van der Waals surface area contributed by atoms with Gasteiger partial charge in [-0.1, -0.05) is 33.8 Å². The van der Waals surface area contributed by atoms with E-state index in [1.165, 1.54) is 31.2 Å². The second-order valence-corrected chi connectivity index (χ2v) is 5.13. The zero-order valence-corrected chi connectivity index (χ0v) is 12.4. The third-order valence-electron chi connectivity index (χ3n) is 4.54. The molecular formula is C16H28N2. The van der Waals surface area contributed by atoms with Gasteiger partial charge in [0, 0.05) is 25.0 Å². The maximum atomic E-state index is 4.17. The molecule has 0 saturated carbocycles. The molecule has 1 atom stereocenters. The van der Waals surface area contributed by atoms with E-state index in [-0.39, 0.29) is 0 Å². The third kappa shape index (κ3) is 3.55. The molecule has 1 aromatic rings. The average molecular weight is 248 g/mol. The van der Waals surface area contributed by atoms with Gasteiger partial charge in [0.15, 0.2) is 0 Å². The van der Waals surface area contributed by atoms with Gasteiger partial charge in [-0.2, -0.15) is 0 Å². The van der Waals surface area contributed by atoms with Crippen LogP contribution in [0.25, 0.3) is 0 Å². The lowest BCUT2D eigenvalue weighted by Gasteiger charge is -2.39. The quantitative estimate of drug-likeness (QED) is 0.747. The van der Waals surface area contributed by atoms with Gasteiger partial charge in [-0.25, -0.2) is 0 Å². The average Bonchev–Trinajstić information content (AvgIpc) is 2.45. The molecule has 18 heavy (non-hydrogen) atoms.